The summed E-state index contributed by atoms with van der Waals surface area (Å²) in [5, 5.41) is 0. The van der Waals surface area contributed by atoms with Gasteiger partial charge in [-0.2, -0.15) is 0 Å². The van der Waals surface area contributed by atoms with Crippen LogP contribution in [0.3, 0.4) is 0 Å². The van der Waals surface area contributed by atoms with Crippen LogP contribution >= 0.6 is 0 Å². The van der Waals surface area contributed by atoms with E-state index in [1.807, 2.05) is 30.0 Å². The van der Waals surface area contributed by atoms with Gasteiger partial charge in [0, 0.05) is 6.54 Å². The van der Waals surface area contributed by atoms with Crippen LogP contribution in [0.25, 0.3) is 0 Å². The summed E-state index contributed by atoms with van der Waals surface area (Å²) in [5.74, 6) is 1.30. The van der Waals surface area contributed by atoms with Gasteiger partial charge in [-0.1, -0.05) is 12.1 Å². The van der Waals surface area contributed by atoms with Crippen LogP contribution in [0.4, 0.5) is 0 Å². The van der Waals surface area contributed by atoms with Gasteiger partial charge in [0.1, 0.15) is 5.75 Å². The number of likely N-dealkylation sites (tertiary alicyclic amines) is 1. The second kappa shape index (κ2) is 5.34. The number of hydrogen-bond donors (Lipinski definition) is 1. The minimum absolute atomic E-state index is 0.107. The Morgan fingerprint density at radius 1 is 1.38 bits per heavy atom. The van der Waals surface area contributed by atoms with Crippen molar-refractivity contribution in [3.8, 4) is 5.75 Å². The smallest absolute Gasteiger partial charge is 0.243 e. The van der Waals surface area contributed by atoms with Gasteiger partial charge in [-0.3, -0.25) is 4.79 Å². The van der Waals surface area contributed by atoms with E-state index >= 15 is 0 Å². The van der Waals surface area contributed by atoms with Crippen LogP contribution in [0.2, 0.25) is 0 Å². The van der Waals surface area contributed by atoms with E-state index in [1.165, 1.54) is 0 Å². The van der Waals surface area contributed by atoms with Gasteiger partial charge in [0.15, 0.2) is 0 Å². The van der Waals surface area contributed by atoms with Gasteiger partial charge in [-0.25, -0.2) is 0 Å². The number of carbonyl (C=O) groups excluding carboxylic acids is 1. The molecule has 1 amide bonds. The van der Waals surface area contributed by atoms with E-state index in [2.05, 4.69) is 6.07 Å². The Labute approximate surface area is 126 Å². The van der Waals surface area contributed by atoms with E-state index in [0.717, 1.165) is 43.5 Å². The number of amides is 1. The lowest BCUT2D eigenvalue weighted by Crippen LogP contribution is -2.54. The van der Waals surface area contributed by atoms with Crippen LogP contribution < -0.4 is 10.5 Å². The molecule has 0 spiro atoms. The first kappa shape index (κ1) is 14.4. The van der Waals surface area contributed by atoms with Gasteiger partial charge in [0.05, 0.1) is 18.7 Å². The van der Waals surface area contributed by atoms with Crippen LogP contribution in [0, 0.1) is 5.92 Å². The predicted octanol–water partition coefficient (Wildman–Crippen LogP) is 2.49. The van der Waals surface area contributed by atoms with E-state index in [4.69, 9.17) is 10.5 Å². The molecule has 2 fully saturated rings. The Morgan fingerprint density at radius 2 is 2.14 bits per heavy atom. The maximum atomic E-state index is 12.9. The Bertz CT molecular complexity index is 537. The van der Waals surface area contributed by atoms with E-state index in [1.54, 1.807) is 7.11 Å². The largest absolute Gasteiger partial charge is 0.497 e. The molecule has 1 aromatic carbocycles. The first-order valence-electron chi connectivity index (χ1n) is 7.78. The fourth-order valence-corrected chi connectivity index (χ4v) is 3.37. The molecule has 1 saturated heterocycles. The molecule has 2 aliphatic rings. The second-order valence-electron chi connectivity index (χ2n) is 6.49. The lowest BCUT2D eigenvalue weighted by molar-refractivity contribution is -0.138. The number of ether oxygens (including phenoxy) is 1. The molecule has 0 aromatic heterocycles. The highest BCUT2D eigenvalue weighted by Gasteiger charge is 2.47. The van der Waals surface area contributed by atoms with E-state index < -0.39 is 5.54 Å². The molecule has 1 saturated carbocycles. The van der Waals surface area contributed by atoms with Crippen molar-refractivity contribution in [2.45, 2.75) is 44.2 Å². The number of hydrogen-bond acceptors (Lipinski definition) is 3. The molecule has 2 N–H and O–H groups in total. The zero-order valence-electron chi connectivity index (χ0n) is 12.8. The molecule has 1 aliphatic carbocycles. The van der Waals surface area contributed by atoms with Crippen molar-refractivity contribution < 1.29 is 9.53 Å². The normalized spacial score (nSPS) is 24.7. The van der Waals surface area contributed by atoms with Gasteiger partial charge in [-0.15, -0.1) is 0 Å². The van der Waals surface area contributed by atoms with E-state index in [0.29, 0.717) is 5.92 Å². The number of carbonyl (C=O) groups is 1. The van der Waals surface area contributed by atoms with Crippen molar-refractivity contribution in [1.29, 1.82) is 0 Å². The van der Waals surface area contributed by atoms with Crippen LogP contribution in [0.15, 0.2) is 24.3 Å². The molecule has 1 aliphatic heterocycles. The SMILES string of the molecule is COc1cccc(C2CCCN2C(=O)C(C)(N)C2CC2)c1. The summed E-state index contributed by atoms with van der Waals surface area (Å²) < 4.78 is 5.30. The van der Waals surface area contributed by atoms with Crippen molar-refractivity contribution in [3.63, 3.8) is 0 Å². The molecule has 114 valence electrons. The molecule has 1 heterocycles. The van der Waals surface area contributed by atoms with Crippen LogP contribution in [0.5, 0.6) is 5.75 Å². The topological polar surface area (TPSA) is 55.6 Å². The number of nitrogens with two attached hydrogens (primary N) is 1. The molecule has 2 unspecified atom stereocenters. The fourth-order valence-electron chi connectivity index (χ4n) is 3.37. The molecular formula is C17H24N2O2. The highest BCUT2D eigenvalue weighted by molar-refractivity contribution is 5.87. The summed E-state index contributed by atoms with van der Waals surface area (Å²) in [6, 6.07) is 8.15. The molecular weight excluding hydrogens is 264 g/mol. The third-order valence-electron chi connectivity index (χ3n) is 4.88. The zero-order valence-corrected chi connectivity index (χ0v) is 12.8. The Balaban J connectivity index is 1.83. The zero-order chi connectivity index (χ0) is 15.0. The Morgan fingerprint density at radius 3 is 2.81 bits per heavy atom. The van der Waals surface area contributed by atoms with Crippen LogP contribution in [0.1, 0.15) is 44.2 Å². The molecule has 1 aromatic rings. The van der Waals surface area contributed by atoms with Crippen molar-refractivity contribution >= 4 is 5.91 Å². The standard InChI is InChI=1S/C17H24N2O2/c1-17(18,13-8-9-13)16(20)19-10-4-7-15(19)12-5-3-6-14(11-12)21-2/h3,5-6,11,13,15H,4,7-10,18H2,1-2H3. The summed E-state index contributed by atoms with van der Waals surface area (Å²) in [6.07, 6.45) is 4.20. The monoisotopic (exact) mass is 288 g/mol. The van der Waals surface area contributed by atoms with Crippen molar-refractivity contribution in [3.05, 3.63) is 29.8 Å². The van der Waals surface area contributed by atoms with Crippen LogP contribution in [-0.2, 0) is 4.79 Å². The highest BCUT2D eigenvalue weighted by Crippen LogP contribution is 2.42. The van der Waals surface area contributed by atoms with E-state index in [9.17, 15) is 4.79 Å². The molecule has 21 heavy (non-hydrogen) atoms. The van der Waals surface area contributed by atoms with Crippen molar-refractivity contribution in [1.82, 2.24) is 4.90 Å². The Hall–Kier alpha value is -1.55. The minimum Gasteiger partial charge on any atom is -0.497 e. The summed E-state index contributed by atoms with van der Waals surface area (Å²) >= 11 is 0. The average molecular weight is 288 g/mol. The lowest BCUT2D eigenvalue weighted by Gasteiger charge is -2.33. The summed E-state index contributed by atoms with van der Waals surface area (Å²) in [4.78, 5) is 14.8. The maximum absolute atomic E-state index is 12.9. The van der Waals surface area contributed by atoms with E-state index in [-0.39, 0.29) is 11.9 Å². The number of methoxy groups -OCH3 is 1. The fraction of sp³-hybridized carbons (Fsp3) is 0.588. The second-order valence-corrected chi connectivity index (χ2v) is 6.49. The minimum atomic E-state index is -0.707. The first-order chi connectivity index (χ1) is 10.0. The summed E-state index contributed by atoms with van der Waals surface area (Å²) in [7, 11) is 1.67. The van der Waals surface area contributed by atoms with Gasteiger partial charge in [-0.05, 0) is 56.2 Å². The summed E-state index contributed by atoms with van der Waals surface area (Å²) in [6.45, 7) is 2.70. The lowest BCUT2D eigenvalue weighted by atomic mass is 9.94. The van der Waals surface area contributed by atoms with Gasteiger partial charge in [0.25, 0.3) is 0 Å². The number of nitrogens with zero attached hydrogens (tertiary/aromatic N) is 1. The van der Waals surface area contributed by atoms with Crippen LogP contribution in [-0.4, -0.2) is 30.0 Å². The summed E-state index contributed by atoms with van der Waals surface area (Å²) in [5.41, 5.74) is 6.76. The molecule has 0 radical (unpaired) electrons. The molecule has 4 heteroatoms. The first-order valence-corrected chi connectivity index (χ1v) is 7.78. The van der Waals surface area contributed by atoms with Gasteiger partial charge >= 0.3 is 0 Å². The van der Waals surface area contributed by atoms with Gasteiger partial charge in [0.2, 0.25) is 5.91 Å². The average Bonchev–Trinajstić information content (AvgIpc) is 3.25. The maximum Gasteiger partial charge on any atom is 0.243 e. The quantitative estimate of drug-likeness (QED) is 0.926. The molecule has 3 rings (SSSR count). The van der Waals surface area contributed by atoms with Crippen molar-refractivity contribution in [2.75, 3.05) is 13.7 Å². The third kappa shape index (κ3) is 2.64. The molecule has 0 bridgehead atoms. The molecule has 4 nitrogen and oxygen atoms in total. The molecule has 2 atom stereocenters. The third-order valence-corrected chi connectivity index (χ3v) is 4.88. The van der Waals surface area contributed by atoms with Gasteiger partial charge < -0.3 is 15.4 Å². The number of benzene rings is 1. The van der Waals surface area contributed by atoms with Crippen molar-refractivity contribution in [2.24, 2.45) is 11.7 Å². The Kier molecular flexibility index (Phi) is 3.66. The number of rotatable bonds is 4. The highest BCUT2D eigenvalue weighted by atomic mass is 16.5. The predicted molar refractivity (Wildman–Crippen MR) is 82.0 cm³/mol.